The van der Waals surface area contributed by atoms with Gasteiger partial charge in [-0.25, -0.2) is 4.39 Å². The molecule has 8 unspecified atom stereocenters. The number of carbonyl (C=O) groups excluding carboxylic acids is 1. The van der Waals surface area contributed by atoms with Gasteiger partial charge in [0.2, 0.25) is 0 Å². The number of hydrogen-bond donors (Lipinski definition) is 0. The molecule has 1 heterocycles. The van der Waals surface area contributed by atoms with Crippen LogP contribution in [-0.4, -0.2) is 29.3 Å². The van der Waals surface area contributed by atoms with Crippen LogP contribution in [0.4, 0.5) is 4.39 Å². The van der Waals surface area contributed by atoms with Crippen LogP contribution in [0.1, 0.15) is 71.6 Å². The van der Waals surface area contributed by atoms with E-state index in [1.807, 2.05) is 7.11 Å². The van der Waals surface area contributed by atoms with Crippen molar-refractivity contribution in [2.45, 2.75) is 78.2 Å². The number of ether oxygens (including phenoxy) is 1. The summed E-state index contributed by atoms with van der Waals surface area (Å²) in [6.45, 7) is 6.08. The minimum Gasteiger partial charge on any atom is -0.384 e. The zero-order chi connectivity index (χ0) is 24.4. The van der Waals surface area contributed by atoms with Crippen LogP contribution in [0.2, 0.25) is 0 Å². The molecule has 4 aliphatic rings. The molecule has 0 saturated heterocycles. The molecule has 8 atom stereocenters. The number of nitrogens with zero attached hydrogens (tertiary/aromatic N) is 2. The van der Waals surface area contributed by atoms with Crippen molar-refractivity contribution in [1.82, 2.24) is 9.78 Å². The van der Waals surface area contributed by atoms with Crippen molar-refractivity contribution in [3.8, 4) is 0 Å². The maximum absolute atomic E-state index is 13.7. The van der Waals surface area contributed by atoms with Gasteiger partial charge in [-0.2, -0.15) is 5.10 Å². The molecule has 0 spiro atoms. The van der Waals surface area contributed by atoms with E-state index in [1.54, 1.807) is 16.9 Å². The Labute approximate surface area is 209 Å². The van der Waals surface area contributed by atoms with Crippen LogP contribution in [0, 0.1) is 52.2 Å². The fraction of sp³-hybridized carbons (Fsp3) is 0.733. The van der Waals surface area contributed by atoms with Crippen LogP contribution in [0.15, 0.2) is 24.4 Å². The molecule has 2 aromatic rings. The van der Waals surface area contributed by atoms with Gasteiger partial charge in [-0.3, -0.25) is 9.48 Å². The third-order valence-corrected chi connectivity index (χ3v) is 11.3. The Morgan fingerprint density at radius 1 is 1.14 bits per heavy atom. The van der Waals surface area contributed by atoms with E-state index in [1.165, 1.54) is 57.1 Å². The number of hydrogen-bond acceptors (Lipinski definition) is 3. The second-order valence-corrected chi connectivity index (χ2v) is 12.8. The molecule has 1 aromatic heterocycles. The summed E-state index contributed by atoms with van der Waals surface area (Å²) < 4.78 is 21.3. The molecule has 35 heavy (non-hydrogen) atoms. The molecule has 0 bridgehead atoms. The zero-order valence-corrected chi connectivity index (χ0v) is 21.6. The fourth-order valence-electron chi connectivity index (χ4n) is 9.78. The zero-order valence-electron chi connectivity index (χ0n) is 21.6. The Morgan fingerprint density at radius 3 is 2.83 bits per heavy atom. The van der Waals surface area contributed by atoms with Gasteiger partial charge in [-0.15, -0.1) is 0 Å². The number of halogens is 1. The van der Waals surface area contributed by atoms with E-state index in [0.29, 0.717) is 23.7 Å². The first-order valence-corrected chi connectivity index (χ1v) is 14.0. The molecule has 0 radical (unpaired) electrons. The van der Waals surface area contributed by atoms with Crippen molar-refractivity contribution in [3.05, 3.63) is 30.2 Å². The van der Waals surface area contributed by atoms with Crippen molar-refractivity contribution < 1.29 is 13.9 Å². The highest BCUT2D eigenvalue weighted by molar-refractivity contribution is 5.85. The minimum atomic E-state index is -0.264. The summed E-state index contributed by atoms with van der Waals surface area (Å²) in [5, 5.41) is 5.20. The smallest absolute Gasteiger partial charge is 0.157 e. The molecule has 4 nitrogen and oxygen atoms in total. The van der Waals surface area contributed by atoms with E-state index in [4.69, 9.17) is 4.74 Å². The van der Waals surface area contributed by atoms with Crippen LogP contribution in [0.25, 0.3) is 10.9 Å². The summed E-state index contributed by atoms with van der Waals surface area (Å²) >= 11 is 0. The highest BCUT2D eigenvalue weighted by Crippen LogP contribution is 2.68. The van der Waals surface area contributed by atoms with E-state index in [9.17, 15) is 9.18 Å². The van der Waals surface area contributed by atoms with Crippen LogP contribution in [0.3, 0.4) is 0 Å². The lowest BCUT2D eigenvalue weighted by atomic mass is 9.44. The second-order valence-electron chi connectivity index (χ2n) is 12.8. The van der Waals surface area contributed by atoms with Crippen molar-refractivity contribution in [3.63, 3.8) is 0 Å². The van der Waals surface area contributed by atoms with E-state index in [2.05, 4.69) is 18.9 Å². The van der Waals surface area contributed by atoms with Gasteiger partial charge in [-0.1, -0.05) is 20.3 Å². The van der Waals surface area contributed by atoms with Crippen LogP contribution in [-0.2, 0) is 16.1 Å². The maximum Gasteiger partial charge on any atom is 0.157 e. The highest BCUT2D eigenvalue weighted by atomic mass is 19.1. The van der Waals surface area contributed by atoms with Crippen molar-refractivity contribution >= 4 is 16.7 Å². The third-order valence-electron chi connectivity index (χ3n) is 11.3. The number of carbonyl (C=O) groups is 1. The van der Waals surface area contributed by atoms with Gasteiger partial charge in [0.25, 0.3) is 0 Å². The molecule has 0 aliphatic heterocycles. The summed E-state index contributed by atoms with van der Waals surface area (Å²) in [6, 6.07) is 4.70. The Morgan fingerprint density at radius 2 is 2.00 bits per heavy atom. The van der Waals surface area contributed by atoms with Gasteiger partial charge in [-0.05, 0) is 110 Å². The number of methoxy groups -OCH3 is 1. The molecule has 6 rings (SSSR count). The molecule has 4 saturated carbocycles. The first-order valence-electron chi connectivity index (χ1n) is 14.0. The molecule has 4 aliphatic carbocycles. The quantitative estimate of drug-likeness (QED) is 0.480. The Kier molecular flexibility index (Phi) is 5.86. The van der Waals surface area contributed by atoms with E-state index in [-0.39, 0.29) is 17.2 Å². The average molecular weight is 481 g/mol. The summed E-state index contributed by atoms with van der Waals surface area (Å²) in [6.07, 6.45) is 13.0. The summed E-state index contributed by atoms with van der Waals surface area (Å²) in [7, 11) is 1.90. The van der Waals surface area contributed by atoms with E-state index >= 15 is 0 Å². The lowest BCUT2D eigenvalue weighted by molar-refractivity contribution is -0.154. The monoisotopic (exact) mass is 480 g/mol. The lowest BCUT2D eigenvalue weighted by Gasteiger charge is -2.61. The van der Waals surface area contributed by atoms with Gasteiger partial charge in [0, 0.05) is 18.4 Å². The molecule has 0 amide bonds. The third kappa shape index (κ3) is 3.62. The number of rotatable bonds is 5. The van der Waals surface area contributed by atoms with Gasteiger partial charge >= 0.3 is 0 Å². The van der Waals surface area contributed by atoms with E-state index in [0.717, 1.165) is 54.0 Å². The predicted molar refractivity (Wildman–Crippen MR) is 135 cm³/mol. The largest absolute Gasteiger partial charge is 0.384 e. The lowest BCUT2D eigenvalue weighted by Crippen LogP contribution is -2.56. The SMILES string of the molecule is COCC12CCC(C)CC1CCC1C3CCC(C(=O)Cn4ncc5cc(F)ccc54)C3(C)CCC12. The van der Waals surface area contributed by atoms with Crippen molar-refractivity contribution in [2.24, 2.45) is 46.3 Å². The van der Waals surface area contributed by atoms with Crippen molar-refractivity contribution in [1.29, 1.82) is 0 Å². The number of aromatic nitrogens is 2. The molecule has 5 heteroatoms. The van der Waals surface area contributed by atoms with Crippen LogP contribution >= 0.6 is 0 Å². The number of ketones is 1. The molecule has 190 valence electrons. The second kappa shape index (κ2) is 8.68. The molecule has 0 N–H and O–H groups in total. The molecule has 1 aromatic carbocycles. The van der Waals surface area contributed by atoms with Gasteiger partial charge in [0.15, 0.2) is 5.78 Å². The van der Waals surface area contributed by atoms with Gasteiger partial charge in [0.05, 0.1) is 18.3 Å². The Hall–Kier alpha value is -1.75. The van der Waals surface area contributed by atoms with E-state index < -0.39 is 0 Å². The van der Waals surface area contributed by atoms with Crippen molar-refractivity contribution in [2.75, 3.05) is 13.7 Å². The van der Waals surface area contributed by atoms with Gasteiger partial charge in [0.1, 0.15) is 12.4 Å². The Bertz CT molecular complexity index is 1110. The molecular formula is C30H41FN2O2. The number of fused-ring (bicyclic) bond motifs is 6. The summed E-state index contributed by atoms with van der Waals surface area (Å²) in [4.78, 5) is 13.7. The Balaban J connectivity index is 1.23. The topological polar surface area (TPSA) is 44.1 Å². The first-order chi connectivity index (χ1) is 16.9. The summed E-state index contributed by atoms with van der Waals surface area (Å²) in [5.74, 6) is 3.95. The number of benzene rings is 1. The maximum atomic E-state index is 13.7. The molecule has 4 fully saturated rings. The fourth-order valence-corrected chi connectivity index (χ4v) is 9.78. The summed E-state index contributed by atoms with van der Waals surface area (Å²) in [5.41, 5.74) is 1.29. The van der Waals surface area contributed by atoms with Crippen LogP contribution < -0.4 is 0 Å². The number of Topliss-reactive ketones (excluding diaryl/α,β-unsaturated/α-hetero) is 1. The average Bonchev–Trinajstić information content (AvgIpc) is 3.39. The molecular weight excluding hydrogens is 439 g/mol. The normalized spacial score (nSPS) is 40.8. The standard InChI is InChI=1S/C30H41FN2O2/c1-19-10-13-30(18-35-3)21(14-19)4-6-23-24-7-8-26(29(24,2)12-11-25(23)30)28(34)17-33-27-9-5-22(31)15-20(27)16-32-33/h5,9,15-16,19,21,23-26H,4,6-8,10-14,17-18H2,1-3H3. The highest BCUT2D eigenvalue weighted by Gasteiger charge is 2.62. The predicted octanol–water partition coefficient (Wildman–Crippen LogP) is 6.67. The van der Waals surface area contributed by atoms with Crippen LogP contribution in [0.5, 0.6) is 0 Å². The minimum absolute atomic E-state index is 0.0936. The first kappa shape index (κ1) is 23.6. The van der Waals surface area contributed by atoms with Gasteiger partial charge < -0.3 is 4.74 Å².